The number of allylic oxidation sites excluding steroid dienone is 15. The van der Waals surface area contributed by atoms with Crippen molar-refractivity contribution in [2.24, 2.45) is 0 Å². The first-order valence-corrected chi connectivity index (χ1v) is 29.0. The van der Waals surface area contributed by atoms with E-state index in [0.29, 0.717) is 6.42 Å². The van der Waals surface area contributed by atoms with Gasteiger partial charge in [0, 0.05) is 6.42 Å². The van der Waals surface area contributed by atoms with Crippen LogP contribution in [-0.4, -0.2) is 87.5 Å². The van der Waals surface area contributed by atoms with Crippen LogP contribution < -0.4 is 5.32 Å². The third kappa shape index (κ3) is 40.2. The summed E-state index contributed by atoms with van der Waals surface area (Å²) in [6.45, 7) is 3.59. The molecule has 1 rings (SSSR count). The Morgan fingerprint density at radius 1 is 0.493 bits per heavy atom. The highest BCUT2D eigenvalue weighted by molar-refractivity contribution is 5.76. The smallest absolute Gasteiger partial charge is 0.220 e. The van der Waals surface area contributed by atoms with Crippen molar-refractivity contribution in [1.82, 2.24) is 5.32 Å². The Morgan fingerprint density at radius 2 is 0.873 bits per heavy atom. The Bertz CT molecular complexity index is 1430. The number of ether oxygens (including phenoxy) is 2. The van der Waals surface area contributed by atoms with Gasteiger partial charge in [-0.25, -0.2) is 0 Å². The maximum Gasteiger partial charge on any atom is 0.220 e. The fraction of sp³-hybridized carbons (Fsp3) is 0.726. The summed E-state index contributed by atoms with van der Waals surface area (Å²) in [6.07, 6.45) is 66.7. The Kier molecular flexibility index (Phi) is 47.2. The van der Waals surface area contributed by atoms with Crippen molar-refractivity contribution in [3.05, 3.63) is 97.2 Å². The van der Waals surface area contributed by atoms with E-state index < -0.39 is 49.5 Å². The van der Waals surface area contributed by atoms with Gasteiger partial charge in [0.15, 0.2) is 6.29 Å². The minimum absolute atomic E-state index is 0.182. The van der Waals surface area contributed by atoms with Crippen molar-refractivity contribution in [3.8, 4) is 0 Å². The molecule has 1 amide bonds. The summed E-state index contributed by atoms with van der Waals surface area (Å²) in [5.74, 6) is -0.182. The lowest BCUT2D eigenvalue weighted by Gasteiger charge is -2.40. The van der Waals surface area contributed by atoms with E-state index in [1.165, 1.54) is 128 Å². The molecule has 408 valence electrons. The van der Waals surface area contributed by atoms with Crippen molar-refractivity contribution in [3.63, 3.8) is 0 Å². The molecule has 9 heteroatoms. The molecule has 0 saturated carbocycles. The number of nitrogens with one attached hydrogen (secondary N) is 1. The maximum atomic E-state index is 12.9. The molecule has 0 bridgehead atoms. The van der Waals surface area contributed by atoms with E-state index >= 15 is 0 Å². The summed E-state index contributed by atoms with van der Waals surface area (Å²) < 4.78 is 11.2. The molecule has 1 aliphatic rings. The zero-order valence-corrected chi connectivity index (χ0v) is 45.2. The van der Waals surface area contributed by atoms with Crippen LogP contribution in [0.3, 0.4) is 0 Å². The van der Waals surface area contributed by atoms with Crippen molar-refractivity contribution in [1.29, 1.82) is 0 Å². The number of rotatable bonds is 48. The highest BCUT2D eigenvalue weighted by Gasteiger charge is 2.44. The molecule has 0 radical (unpaired) electrons. The third-order valence-electron chi connectivity index (χ3n) is 13.2. The fourth-order valence-electron chi connectivity index (χ4n) is 8.61. The Labute approximate surface area is 434 Å². The van der Waals surface area contributed by atoms with Crippen LogP contribution in [0.4, 0.5) is 0 Å². The van der Waals surface area contributed by atoms with Gasteiger partial charge < -0.3 is 40.3 Å². The lowest BCUT2D eigenvalue weighted by atomic mass is 9.99. The van der Waals surface area contributed by atoms with Gasteiger partial charge in [0.2, 0.25) is 5.91 Å². The molecule has 0 aromatic rings. The van der Waals surface area contributed by atoms with E-state index in [9.17, 15) is 30.3 Å². The number of carbonyl (C=O) groups excluding carboxylic acids is 1. The normalized spacial score (nSPS) is 20.0. The molecule has 6 N–H and O–H groups in total. The highest BCUT2D eigenvalue weighted by atomic mass is 16.7. The van der Waals surface area contributed by atoms with Gasteiger partial charge in [-0.05, 0) is 77.0 Å². The second kappa shape index (κ2) is 50.6. The zero-order chi connectivity index (χ0) is 51.5. The lowest BCUT2D eigenvalue weighted by Crippen LogP contribution is -2.60. The number of hydrogen-bond acceptors (Lipinski definition) is 8. The van der Waals surface area contributed by atoms with Gasteiger partial charge in [-0.3, -0.25) is 4.79 Å². The van der Waals surface area contributed by atoms with E-state index in [0.717, 1.165) is 83.5 Å². The topological polar surface area (TPSA) is 149 Å². The SMILES string of the molecule is CC/C=C\C/C=C\C/C=C\C/C=C\C/C=C\C/C=C\C/C=C\CCCCCCCCCCCCCCCCCCCCCC(=O)NC(COC1OC(CO)C(O)C(O)C1O)C(O)/C=C/CCCCCCC. The summed E-state index contributed by atoms with van der Waals surface area (Å²) in [4.78, 5) is 12.9. The summed E-state index contributed by atoms with van der Waals surface area (Å²) in [6, 6.07) is -0.804. The van der Waals surface area contributed by atoms with Crippen molar-refractivity contribution >= 4 is 5.91 Å². The first-order valence-electron chi connectivity index (χ1n) is 29.0. The highest BCUT2D eigenvalue weighted by Crippen LogP contribution is 2.23. The largest absolute Gasteiger partial charge is 0.394 e. The molecule has 1 saturated heterocycles. The van der Waals surface area contributed by atoms with E-state index in [1.807, 2.05) is 6.08 Å². The Balaban J connectivity index is 2.00. The number of hydrogen-bond donors (Lipinski definition) is 6. The fourth-order valence-corrected chi connectivity index (χ4v) is 8.61. The van der Waals surface area contributed by atoms with E-state index in [-0.39, 0.29) is 12.5 Å². The molecule has 0 aromatic heterocycles. The summed E-state index contributed by atoms with van der Waals surface area (Å²) in [5.41, 5.74) is 0. The first-order chi connectivity index (χ1) is 34.8. The second-order valence-corrected chi connectivity index (χ2v) is 19.7. The summed E-state index contributed by atoms with van der Waals surface area (Å²) >= 11 is 0. The molecular weight excluding hydrogens is 887 g/mol. The number of aliphatic hydroxyl groups excluding tert-OH is 5. The van der Waals surface area contributed by atoms with Gasteiger partial charge in [0.1, 0.15) is 24.4 Å². The molecule has 0 aromatic carbocycles. The predicted octanol–water partition coefficient (Wildman–Crippen LogP) is 14.4. The molecule has 1 aliphatic heterocycles. The van der Waals surface area contributed by atoms with Crippen LogP contribution in [0, 0.1) is 0 Å². The molecule has 9 nitrogen and oxygen atoms in total. The lowest BCUT2D eigenvalue weighted by molar-refractivity contribution is -0.302. The summed E-state index contributed by atoms with van der Waals surface area (Å²) in [5, 5.41) is 54.0. The monoisotopic (exact) mass is 994 g/mol. The van der Waals surface area contributed by atoms with E-state index in [1.54, 1.807) is 6.08 Å². The van der Waals surface area contributed by atoms with Gasteiger partial charge in [-0.1, -0.05) is 246 Å². The van der Waals surface area contributed by atoms with Crippen LogP contribution in [0.25, 0.3) is 0 Å². The average Bonchev–Trinajstić information content (AvgIpc) is 3.37. The van der Waals surface area contributed by atoms with Crippen LogP contribution in [0.1, 0.15) is 232 Å². The quantitative estimate of drug-likeness (QED) is 0.0261. The molecule has 1 heterocycles. The molecule has 7 unspecified atom stereocenters. The second-order valence-electron chi connectivity index (χ2n) is 19.7. The van der Waals surface area contributed by atoms with Crippen LogP contribution in [0.2, 0.25) is 0 Å². The Morgan fingerprint density at radius 3 is 1.30 bits per heavy atom. The molecule has 7 atom stereocenters. The number of unbranched alkanes of at least 4 members (excludes halogenated alkanes) is 24. The Hall–Kier alpha value is -2.89. The van der Waals surface area contributed by atoms with Gasteiger partial charge in [-0.15, -0.1) is 0 Å². The van der Waals surface area contributed by atoms with Gasteiger partial charge in [-0.2, -0.15) is 0 Å². The third-order valence-corrected chi connectivity index (χ3v) is 13.2. The standard InChI is InChI=1S/C62H107NO8/c1-3-5-7-9-11-12-13-14-15-16-17-18-19-20-21-22-23-24-25-26-27-28-29-30-31-32-33-34-35-36-37-38-39-40-41-42-43-44-46-48-50-52-58(66)63-55(56(65)51-49-47-45-10-8-6-4-2)54-70-62-61(69)60(68)59(67)57(53-64)71-62/h5,7,11-12,14-15,17-18,20-21,23-24,26-27,49,51,55-57,59-62,64-65,67-69H,3-4,6,8-10,13,16,19,22,25,28-48,50,52-54H2,1-2H3,(H,63,66)/b7-5-,12-11-,15-14-,18-17-,21-20-,24-23-,27-26-,51-49+. The maximum absolute atomic E-state index is 12.9. The van der Waals surface area contributed by atoms with Crippen molar-refractivity contribution in [2.75, 3.05) is 13.2 Å². The minimum Gasteiger partial charge on any atom is -0.394 e. The van der Waals surface area contributed by atoms with Gasteiger partial charge in [0.05, 0.1) is 25.4 Å². The average molecular weight is 995 g/mol. The van der Waals surface area contributed by atoms with Crippen molar-refractivity contribution < 1.29 is 39.8 Å². The van der Waals surface area contributed by atoms with E-state index in [4.69, 9.17) is 9.47 Å². The predicted molar refractivity (Wildman–Crippen MR) is 299 cm³/mol. The molecule has 1 fully saturated rings. The van der Waals surface area contributed by atoms with Crippen LogP contribution >= 0.6 is 0 Å². The van der Waals surface area contributed by atoms with Crippen LogP contribution in [0.5, 0.6) is 0 Å². The van der Waals surface area contributed by atoms with Crippen molar-refractivity contribution in [2.45, 2.75) is 275 Å². The van der Waals surface area contributed by atoms with Crippen LogP contribution in [0.15, 0.2) is 97.2 Å². The van der Waals surface area contributed by atoms with E-state index in [2.05, 4.69) is 104 Å². The van der Waals surface area contributed by atoms with Crippen LogP contribution in [-0.2, 0) is 14.3 Å². The van der Waals surface area contributed by atoms with Gasteiger partial charge in [0.25, 0.3) is 0 Å². The number of carbonyl (C=O) groups is 1. The minimum atomic E-state index is -1.57. The number of aliphatic hydroxyl groups is 5. The van der Waals surface area contributed by atoms with Gasteiger partial charge >= 0.3 is 0 Å². The first kappa shape index (κ1) is 66.1. The number of amides is 1. The molecule has 0 aliphatic carbocycles. The molecule has 71 heavy (non-hydrogen) atoms. The zero-order valence-electron chi connectivity index (χ0n) is 45.2. The summed E-state index contributed by atoms with van der Waals surface area (Å²) in [7, 11) is 0. The molecular formula is C62H107NO8. The molecule has 0 spiro atoms.